The molecule has 0 saturated carbocycles. The fourth-order valence-electron chi connectivity index (χ4n) is 3.39. The molecule has 4 rings (SSSR count). The van der Waals surface area contributed by atoms with Gasteiger partial charge in [0, 0.05) is 12.4 Å². The van der Waals surface area contributed by atoms with Crippen molar-refractivity contribution in [1.82, 2.24) is 10.3 Å². The second kappa shape index (κ2) is 7.83. The molecule has 4 aromatic rings. The van der Waals surface area contributed by atoms with Gasteiger partial charge in [0.15, 0.2) is 0 Å². The third kappa shape index (κ3) is 3.87. The largest absolute Gasteiger partial charge is 0.345 e. The lowest BCUT2D eigenvalue weighted by Gasteiger charge is -2.20. The van der Waals surface area contributed by atoms with Gasteiger partial charge in [-0.3, -0.25) is 9.78 Å². The monoisotopic (exact) mass is 352 g/mol. The number of carbonyl (C=O) groups excluding carboxylic acids is 1. The number of aromatic nitrogens is 1. The van der Waals surface area contributed by atoms with E-state index in [2.05, 4.69) is 28.5 Å². The zero-order valence-corrected chi connectivity index (χ0v) is 14.9. The maximum atomic E-state index is 12.9. The minimum absolute atomic E-state index is 0.00276. The van der Waals surface area contributed by atoms with E-state index >= 15 is 0 Å². The van der Waals surface area contributed by atoms with Crippen molar-refractivity contribution in [1.29, 1.82) is 0 Å². The van der Waals surface area contributed by atoms with Crippen molar-refractivity contribution in [3.8, 4) is 0 Å². The number of rotatable bonds is 5. The summed E-state index contributed by atoms with van der Waals surface area (Å²) in [5.41, 5.74) is 3.10. The number of nitrogens with zero attached hydrogens (tertiary/aromatic N) is 1. The summed E-state index contributed by atoms with van der Waals surface area (Å²) in [5.74, 6) is -0.00276. The summed E-state index contributed by atoms with van der Waals surface area (Å²) in [6.45, 7) is 0. The van der Waals surface area contributed by atoms with Gasteiger partial charge in [-0.05, 0) is 39.6 Å². The summed E-state index contributed by atoms with van der Waals surface area (Å²) >= 11 is 0. The first-order valence-electron chi connectivity index (χ1n) is 9.02. The Hall–Kier alpha value is -3.46. The van der Waals surface area contributed by atoms with Gasteiger partial charge in [-0.2, -0.15) is 0 Å². The maximum absolute atomic E-state index is 12.9. The molecule has 0 bridgehead atoms. The quantitative estimate of drug-likeness (QED) is 0.566. The number of amides is 1. The molecule has 3 heteroatoms. The van der Waals surface area contributed by atoms with E-state index in [4.69, 9.17) is 0 Å². The van der Waals surface area contributed by atoms with Gasteiger partial charge < -0.3 is 5.32 Å². The Morgan fingerprint density at radius 1 is 0.778 bits per heavy atom. The molecule has 0 aliphatic rings. The molecule has 0 unspecified atom stereocenters. The van der Waals surface area contributed by atoms with Crippen LogP contribution in [0.25, 0.3) is 10.8 Å². The third-order valence-electron chi connectivity index (χ3n) is 4.71. The molecule has 0 fully saturated rings. The van der Waals surface area contributed by atoms with Crippen molar-refractivity contribution < 1.29 is 4.79 Å². The molecule has 0 radical (unpaired) electrons. The first-order chi connectivity index (χ1) is 13.3. The van der Waals surface area contributed by atoms with Crippen LogP contribution in [0.5, 0.6) is 0 Å². The fourth-order valence-corrected chi connectivity index (χ4v) is 3.39. The highest BCUT2D eigenvalue weighted by atomic mass is 16.1. The second-order valence-corrected chi connectivity index (χ2v) is 6.51. The molecule has 1 aromatic heterocycles. The third-order valence-corrected chi connectivity index (χ3v) is 4.71. The second-order valence-electron chi connectivity index (χ2n) is 6.51. The smallest absolute Gasteiger partial charge is 0.225 e. The lowest BCUT2D eigenvalue weighted by atomic mass is 9.98. The van der Waals surface area contributed by atoms with Gasteiger partial charge in [0.25, 0.3) is 0 Å². The molecule has 0 aliphatic heterocycles. The van der Waals surface area contributed by atoms with Crippen molar-refractivity contribution in [3.63, 3.8) is 0 Å². The van der Waals surface area contributed by atoms with Gasteiger partial charge in [-0.15, -0.1) is 0 Å². The summed E-state index contributed by atoms with van der Waals surface area (Å²) < 4.78 is 0. The number of nitrogens with one attached hydrogen (secondary N) is 1. The number of benzene rings is 3. The van der Waals surface area contributed by atoms with Gasteiger partial charge in [-0.25, -0.2) is 0 Å². The number of fused-ring (bicyclic) bond motifs is 1. The van der Waals surface area contributed by atoms with Crippen LogP contribution in [0, 0.1) is 0 Å². The summed E-state index contributed by atoms with van der Waals surface area (Å²) in [6.07, 6.45) is 3.85. The number of hydrogen-bond donors (Lipinski definition) is 1. The summed E-state index contributed by atoms with van der Waals surface area (Å²) in [6, 6.07) is 27.9. The molecule has 0 aliphatic carbocycles. The van der Waals surface area contributed by atoms with Crippen LogP contribution in [-0.2, 0) is 11.2 Å². The SMILES string of the molecule is O=C(Cc1cccc2ccccc12)N[C@H](c1ccccc1)c1ccncc1. The first kappa shape index (κ1) is 17.0. The van der Waals surface area contributed by atoms with Crippen LogP contribution in [0.1, 0.15) is 22.7 Å². The minimum Gasteiger partial charge on any atom is -0.345 e. The van der Waals surface area contributed by atoms with Gasteiger partial charge in [0.2, 0.25) is 5.91 Å². The molecule has 1 amide bonds. The van der Waals surface area contributed by atoms with Crippen molar-refractivity contribution in [2.24, 2.45) is 0 Å². The highest BCUT2D eigenvalue weighted by Gasteiger charge is 2.17. The molecule has 3 nitrogen and oxygen atoms in total. The zero-order chi connectivity index (χ0) is 18.5. The topological polar surface area (TPSA) is 42.0 Å². The van der Waals surface area contributed by atoms with Crippen LogP contribution in [0.4, 0.5) is 0 Å². The van der Waals surface area contributed by atoms with E-state index in [1.54, 1.807) is 12.4 Å². The van der Waals surface area contributed by atoms with Crippen molar-refractivity contribution in [2.75, 3.05) is 0 Å². The lowest BCUT2D eigenvalue weighted by molar-refractivity contribution is -0.120. The zero-order valence-electron chi connectivity index (χ0n) is 14.9. The summed E-state index contributed by atoms with van der Waals surface area (Å²) in [7, 11) is 0. The molecule has 27 heavy (non-hydrogen) atoms. The van der Waals surface area contributed by atoms with E-state index in [9.17, 15) is 4.79 Å². The Kier molecular flexibility index (Phi) is 4.93. The molecule has 1 heterocycles. The van der Waals surface area contributed by atoms with Crippen molar-refractivity contribution in [3.05, 3.63) is 114 Å². The molecule has 1 N–H and O–H groups in total. The summed E-state index contributed by atoms with van der Waals surface area (Å²) in [4.78, 5) is 17.0. The fraction of sp³-hybridized carbons (Fsp3) is 0.0833. The van der Waals surface area contributed by atoms with E-state index in [-0.39, 0.29) is 11.9 Å². The highest BCUT2D eigenvalue weighted by molar-refractivity contribution is 5.90. The molecular weight excluding hydrogens is 332 g/mol. The summed E-state index contributed by atoms with van der Waals surface area (Å²) in [5, 5.41) is 5.47. The molecule has 0 saturated heterocycles. The highest BCUT2D eigenvalue weighted by Crippen LogP contribution is 2.23. The predicted octanol–water partition coefficient (Wildman–Crippen LogP) is 4.68. The number of hydrogen-bond acceptors (Lipinski definition) is 2. The van der Waals surface area contributed by atoms with Gasteiger partial charge in [0.1, 0.15) is 0 Å². The average molecular weight is 352 g/mol. The molecule has 0 spiro atoms. The van der Waals surface area contributed by atoms with Crippen molar-refractivity contribution in [2.45, 2.75) is 12.5 Å². The van der Waals surface area contributed by atoms with Crippen molar-refractivity contribution >= 4 is 16.7 Å². The first-order valence-corrected chi connectivity index (χ1v) is 9.02. The van der Waals surface area contributed by atoms with E-state index in [0.717, 1.165) is 27.5 Å². The molecule has 3 aromatic carbocycles. The molecule has 1 atom stereocenters. The minimum atomic E-state index is -0.198. The number of pyridine rings is 1. The van der Waals surface area contributed by atoms with E-state index in [1.165, 1.54) is 0 Å². The Morgan fingerprint density at radius 3 is 2.26 bits per heavy atom. The van der Waals surface area contributed by atoms with Crippen LogP contribution in [0.15, 0.2) is 97.3 Å². The Bertz CT molecular complexity index is 1000. The van der Waals surface area contributed by atoms with Crippen LogP contribution in [0.3, 0.4) is 0 Å². The lowest BCUT2D eigenvalue weighted by Crippen LogP contribution is -2.30. The van der Waals surface area contributed by atoms with Crippen LogP contribution >= 0.6 is 0 Å². The van der Waals surface area contributed by atoms with Gasteiger partial charge in [0.05, 0.1) is 12.5 Å². The molecule has 132 valence electrons. The molecular formula is C24H20N2O. The predicted molar refractivity (Wildman–Crippen MR) is 108 cm³/mol. The van der Waals surface area contributed by atoms with E-state index < -0.39 is 0 Å². The maximum Gasteiger partial charge on any atom is 0.225 e. The standard InChI is InChI=1S/C24H20N2O/c27-23(17-21-11-6-10-18-7-4-5-12-22(18)21)26-24(19-8-2-1-3-9-19)20-13-15-25-16-14-20/h1-16,24H,17H2,(H,26,27)/t24-/m1/s1. The van der Waals surface area contributed by atoms with E-state index in [1.807, 2.05) is 66.7 Å². The van der Waals surface area contributed by atoms with Gasteiger partial charge in [-0.1, -0.05) is 72.8 Å². The van der Waals surface area contributed by atoms with Gasteiger partial charge >= 0.3 is 0 Å². The Balaban J connectivity index is 1.60. The van der Waals surface area contributed by atoms with Crippen LogP contribution < -0.4 is 5.32 Å². The number of carbonyl (C=O) groups is 1. The van der Waals surface area contributed by atoms with E-state index in [0.29, 0.717) is 6.42 Å². The average Bonchev–Trinajstić information content (AvgIpc) is 2.73. The van der Waals surface area contributed by atoms with Crippen LogP contribution in [0.2, 0.25) is 0 Å². The normalized spacial score (nSPS) is 11.9. The Labute approximate surface area is 158 Å². The van der Waals surface area contributed by atoms with Crippen LogP contribution in [-0.4, -0.2) is 10.9 Å². The Morgan fingerprint density at radius 2 is 1.44 bits per heavy atom.